The standard InChI is InChI=1S/C13H18O4/c1-3-8-17-13(15)9-11(14)10-6-4-5-7-12(10)16-2/h4-7,11,14H,3,8-9H2,1-2H3/t11-/m0/s1. The molecule has 0 aliphatic carbocycles. The molecule has 0 fully saturated rings. The Kier molecular flexibility index (Phi) is 5.49. The van der Waals surface area contributed by atoms with Gasteiger partial charge in [0.2, 0.25) is 0 Å². The van der Waals surface area contributed by atoms with Gasteiger partial charge in [-0.05, 0) is 12.5 Å². The number of aliphatic hydroxyl groups is 1. The van der Waals surface area contributed by atoms with Crippen molar-refractivity contribution in [2.75, 3.05) is 13.7 Å². The number of carbonyl (C=O) groups is 1. The Morgan fingerprint density at radius 3 is 2.76 bits per heavy atom. The predicted molar refractivity (Wildman–Crippen MR) is 63.8 cm³/mol. The zero-order valence-corrected chi connectivity index (χ0v) is 10.2. The van der Waals surface area contributed by atoms with E-state index in [2.05, 4.69) is 0 Å². The van der Waals surface area contributed by atoms with E-state index >= 15 is 0 Å². The number of aliphatic hydroxyl groups excluding tert-OH is 1. The van der Waals surface area contributed by atoms with Crippen molar-refractivity contribution < 1.29 is 19.4 Å². The smallest absolute Gasteiger partial charge is 0.308 e. The van der Waals surface area contributed by atoms with E-state index in [1.165, 1.54) is 7.11 Å². The Labute approximate surface area is 101 Å². The summed E-state index contributed by atoms with van der Waals surface area (Å²) in [5.41, 5.74) is 0.600. The van der Waals surface area contributed by atoms with E-state index in [4.69, 9.17) is 9.47 Å². The maximum absolute atomic E-state index is 11.4. The van der Waals surface area contributed by atoms with E-state index in [1.54, 1.807) is 18.2 Å². The fraction of sp³-hybridized carbons (Fsp3) is 0.462. The van der Waals surface area contributed by atoms with Gasteiger partial charge in [-0.3, -0.25) is 4.79 Å². The van der Waals surface area contributed by atoms with E-state index in [0.29, 0.717) is 17.9 Å². The molecule has 0 bridgehead atoms. The minimum absolute atomic E-state index is 0.0552. The van der Waals surface area contributed by atoms with Crippen LogP contribution in [-0.2, 0) is 9.53 Å². The second kappa shape index (κ2) is 6.91. The van der Waals surface area contributed by atoms with Crippen molar-refractivity contribution in [2.45, 2.75) is 25.9 Å². The van der Waals surface area contributed by atoms with Crippen LogP contribution in [0.1, 0.15) is 31.4 Å². The molecule has 0 aliphatic heterocycles. The Balaban J connectivity index is 2.62. The van der Waals surface area contributed by atoms with Crippen LogP contribution in [0.3, 0.4) is 0 Å². The van der Waals surface area contributed by atoms with E-state index in [9.17, 15) is 9.90 Å². The van der Waals surface area contributed by atoms with Gasteiger partial charge in [-0.1, -0.05) is 25.1 Å². The highest BCUT2D eigenvalue weighted by molar-refractivity contribution is 5.70. The van der Waals surface area contributed by atoms with Crippen molar-refractivity contribution >= 4 is 5.97 Å². The summed E-state index contributed by atoms with van der Waals surface area (Å²) in [6.45, 7) is 2.31. The van der Waals surface area contributed by atoms with Gasteiger partial charge >= 0.3 is 5.97 Å². The van der Waals surface area contributed by atoms with Crippen molar-refractivity contribution in [3.8, 4) is 5.75 Å². The Morgan fingerprint density at radius 1 is 1.41 bits per heavy atom. The zero-order valence-electron chi connectivity index (χ0n) is 10.2. The lowest BCUT2D eigenvalue weighted by molar-refractivity contribution is -0.146. The van der Waals surface area contributed by atoms with Gasteiger partial charge in [0.05, 0.1) is 26.2 Å². The predicted octanol–water partition coefficient (Wildman–Crippen LogP) is 2.07. The first kappa shape index (κ1) is 13.5. The molecular formula is C13H18O4. The third kappa shape index (κ3) is 4.07. The van der Waals surface area contributed by atoms with Crippen LogP contribution in [0.15, 0.2) is 24.3 Å². The van der Waals surface area contributed by atoms with Crippen LogP contribution < -0.4 is 4.74 Å². The number of hydrogen-bond acceptors (Lipinski definition) is 4. The lowest BCUT2D eigenvalue weighted by Gasteiger charge is -2.13. The molecule has 0 spiro atoms. The first-order valence-electron chi connectivity index (χ1n) is 5.65. The highest BCUT2D eigenvalue weighted by Gasteiger charge is 2.17. The quantitative estimate of drug-likeness (QED) is 0.771. The van der Waals surface area contributed by atoms with Gasteiger partial charge in [0, 0.05) is 5.56 Å². The monoisotopic (exact) mass is 238 g/mol. The summed E-state index contributed by atoms with van der Waals surface area (Å²) in [6, 6.07) is 7.08. The second-order valence-electron chi connectivity index (χ2n) is 3.68. The molecule has 1 rings (SSSR count). The molecule has 0 unspecified atom stereocenters. The minimum atomic E-state index is -0.893. The summed E-state index contributed by atoms with van der Waals surface area (Å²) in [7, 11) is 1.53. The van der Waals surface area contributed by atoms with E-state index < -0.39 is 12.1 Å². The molecule has 1 N–H and O–H groups in total. The lowest BCUT2D eigenvalue weighted by atomic mass is 10.1. The molecule has 0 aromatic heterocycles. The van der Waals surface area contributed by atoms with Crippen molar-refractivity contribution in [1.29, 1.82) is 0 Å². The van der Waals surface area contributed by atoms with Crippen LogP contribution in [0.25, 0.3) is 0 Å². The number of hydrogen-bond donors (Lipinski definition) is 1. The molecule has 17 heavy (non-hydrogen) atoms. The molecule has 4 heteroatoms. The van der Waals surface area contributed by atoms with Gasteiger partial charge in [0.25, 0.3) is 0 Å². The van der Waals surface area contributed by atoms with Gasteiger partial charge in [-0.2, -0.15) is 0 Å². The fourth-order valence-corrected chi connectivity index (χ4v) is 1.48. The Morgan fingerprint density at radius 2 is 2.12 bits per heavy atom. The van der Waals surface area contributed by atoms with Crippen molar-refractivity contribution in [3.05, 3.63) is 29.8 Å². The van der Waals surface area contributed by atoms with Crippen LogP contribution in [0.5, 0.6) is 5.75 Å². The zero-order chi connectivity index (χ0) is 12.7. The van der Waals surface area contributed by atoms with Crippen molar-refractivity contribution in [3.63, 3.8) is 0 Å². The molecule has 94 valence electrons. The average molecular weight is 238 g/mol. The maximum atomic E-state index is 11.4. The van der Waals surface area contributed by atoms with E-state index in [1.807, 2.05) is 13.0 Å². The topological polar surface area (TPSA) is 55.8 Å². The van der Waals surface area contributed by atoms with E-state index in [-0.39, 0.29) is 6.42 Å². The number of esters is 1. The van der Waals surface area contributed by atoms with Crippen molar-refractivity contribution in [2.24, 2.45) is 0 Å². The summed E-state index contributed by atoms with van der Waals surface area (Å²) >= 11 is 0. The number of ether oxygens (including phenoxy) is 2. The molecular weight excluding hydrogens is 220 g/mol. The molecule has 0 heterocycles. The van der Waals surface area contributed by atoms with E-state index in [0.717, 1.165) is 6.42 Å². The maximum Gasteiger partial charge on any atom is 0.308 e. The summed E-state index contributed by atoms with van der Waals surface area (Å²) in [4.78, 5) is 11.4. The summed E-state index contributed by atoms with van der Waals surface area (Å²) in [5.74, 6) is 0.175. The SMILES string of the molecule is CCCOC(=O)C[C@H](O)c1ccccc1OC. The number of rotatable bonds is 6. The molecule has 4 nitrogen and oxygen atoms in total. The lowest BCUT2D eigenvalue weighted by Crippen LogP contribution is -2.11. The third-order valence-corrected chi connectivity index (χ3v) is 2.33. The first-order valence-corrected chi connectivity index (χ1v) is 5.65. The van der Waals surface area contributed by atoms with Crippen LogP contribution in [0.2, 0.25) is 0 Å². The normalized spacial score (nSPS) is 11.9. The molecule has 0 amide bonds. The largest absolute Gasteiger partial charge is 0.496 e. The highest BCUT2D eigenvalue weighted by Crippen LogP contribution is 2.26. The highest BCUT2D eigenvalue weighted by atomic mass is 16.5. The average Bonchev–Trinajstić information content (AvgIpc) is 2.36. The van der Waals surface area contributed by atoms with Gasteiger partial charge in [0.1, 0.15) is 5.75 Å². The van der Waals surface area contributed by atoms with Crippen LogP contribution >= 0.6 is 0 Å². The summed E-state index contributed by atoms with van der Waals surface area (Å²) in [6.07, 6.45) is -0.174. The first-order chi connectivity index (χ1) is 8.19. The van der Waals surface area contributed by atoms with Crippen molar-refractivity contribution in [1.82, 2.24) is 0 Å². The molecule has 0 radical (unpaired) electrons. The number of benzene rings is 1. The van der Waals surface area contributed by atoms with Crippen LogP contribution in [0.4, 0.5) is 0 Å². The molecule has 1 aromatic rings. The van der Waals surface area contributed by atoms with Gasteiger partial charge in [0.15, 0.2) is 0 Å². The Bertz CT molecular complexity index is 362. The number of methoxy groups -OCH3 is 1. The number of carbonyl (C=O) groups excluding carboxylic acids is 1. The molecule has 0 saturated carbocycles. The minimum Gasteiger partial charge on any atom is -0.496 e. The Hall–Kier alpha value is -1.55. The van der Waals surface area contributed by atoms with Gasteiger partial charge in [-0.15, -0.1) is 0 Å². The second-order valence-corrected chi connectivity index (χ2v) is 3.68. The number of para-hydroxylation sites is 1. The van der Waals surface area contributed by atoms with Gasteiger partial charge in [-0.25, -0.2) is 0 Å². The van der Waals surface area contributed by atoms with Crippen LogP contribution in [0, 0.1) is 0 Å². The molecule has 1 atom stereocenters. The summed E-state index contributed by atoms with van der Waals surface area (Å²) < 4.78 is 10.0. The summed E-state index contributed by atoms with van der Waals surface area (Å²) in [5, 5.41) is 9.92. The molecule has 1 aromatic carbocycles. The molecule has 0 aliphatic rings. The third-order valence-electron chi connectivity index (χ3n) is 2.33. The van der Waals surface area contributed by atoms with Crippen LogP contribution in [-0.4, -0.2) is 24.8 Å². The fourth-order valence-electron chi connectivity index (χ4n) is 1.48. The van der Waals surface area contributed by atoms with Gasteiger partial charge < -0.3 is 14.6 Å². The molecule has 0 saturated heterocycles.